The maximum Gasteiger partial charge on any atom is 0.223 e. The molecule has 2 unspecified atom stereocenters. The summed E-state index contributed by atoms with van der Waals surface area (Å²) in [5.41, 5.74) is 0. The predicted octanol–water partition coefficient (Wildman–Crippen LogP) is 2.56. The third-order valence-electron chi connectivity index (χ3n) is 3.71. The van der Waals surface area contributed by atoms with Crippen LogP contribution in [0.15, 0.2) is 17.5 Å². The molecule has 2 atom stereocenters. The highest BCUT2D eigenvalue weighted by Gasteiger charge is 2.29. The molecule has 1 saturated heterocycles. The van der Waals surface area contributed by atoms with Crippen LogP contribution < -0.4 is 10.6 Å². The van der Waals surface area contributed by atoms with Crippen molar-refractivity contribution in [1.82, 2.24) is 10.6 Å². The van der Waals surface area contributed by atoms with E-state index in [0.29, 0.717) is 5.92 Å². The Kier molecular flexibility index (Phi) is 4.78. The van der Waals surface area contributed by atoms with E-state index in [-0.39, 0.29) is 17.9 Å². The molecule has 1 aromatic heterocycles. The topological polar surface area (TPSA) is 41.1 Å². The van der Waals surface area contributed by atoms with E-state index in [9.17, 15) is 4.79 Å². The molecule has 1 amide bonds. The van der Waals surface area contributed by atoms with Crippen LogP contribution in [0, 0.1) is 11.8 Å². The van der Waals surface area contributed by atoms with Gasteiger partial charge >= 0.3 is 0 Å². The monoisotopic (exact) mass is 266 g/mol. The molecule has 4 heteroatoms. The van der Waals surface area contributed by atoms with Gasteiger partial charge in [-0.15, -0.1) is 11.3 Å². The number of thiophene rings is 1. The Balaban J connectivity index is 1.93. The molecular formula is C14H22N2OS. The lowest BCUT2D eigenvalue weighted by Gasteiger charge is -2.32. The largest absolute Gasteiger partial charge is 0.348 e. The molecule has 0 aromatic carbocycles. The van der Waals surface area contributed by atoms with Crippen LogP contribution in [0.2, 0.25) is 0 Å². The second kappa shape index (κ2) is 6.34. The summed E-state index contributed by atoms with van der Waals surface area (Å²) in [6.07, 6.45) is 2.10. The number of rotatable bonds is 6. The zero-order valence-corrected chi connectivity index (χ0v) is 11.9. The molecule has 1 aliphatic rings. The molecule has 3 nitrogen and oxygen atoms in total. The van der Waals surface area contributed by atoms with Gasteiger partial charge in [-0.05, 0) is 36.9 Å². The van der Waals surface area contributed by atoms with Crippen LogP contribution in [-0.2, 0) is 4.79 Å². The first-order valence-electron chi connectivity index (χ1n) is 6.76. The molecule has 100 valence electrons. The molecule has 0 aliphatic carbocycles. The molecule has 0 radical (unpaired) electrons. The molecule has 0 saturated carbocycles. The molecule has 1 fully saturated rings. The maximum atomic E-state index is 12.2. The number of nitrogens with one attached hydrogen (secondary N) is 2. The highest BCUT2D eigenvalue weighted by Crippen LogP contribution is 2.25. The van der Waals surface area contributed by atoms with Gasteiger partial charge in [0.15, 0.2) is 0 Å². The Bertz CT molecular complexity index is 373. The lowest BCUT2D eigenvalue weighted by atomic mass is 9.88. The van der Waals surface area contributed by atoms with Crippen LogP contribution in [0.25, 0.3) is 0 Å². The normalized spacial score (nSPS) is 19.0. The number of carbonyl (C=O) groups excluding carboxylic acids is 1. The summed E-state index contributed by atoms with van der Waals surface area (Å²) in [4.78, 5) is 13.5. The van der Waals surface area contributed by atoms with Gasteiger partial charge < -0.3 is 10.6 Å². The van der Waals surface area contributed by atoms with Gasteiger partial charge in [0.2, 0.25) is 5.91 Å². The lowest BCUT2D eigenvalue weighted by Crippen LogP contribution is -2.50. The Labute approximate surface area is 113 Å². The summed E-state index contributed by atoms with van der Waals surface area (Å²) in [6.45, 7) is 6.16. The van der Waals surface area contributed by atoms with Crippen molar-refractivity contribution in [2.45, 2.75) is 32.7 Å². The summed E-state index contributed by atoms with van der Waals surface area (Å²) in [5, 5.41) is 8.51. The summed E-state index contributed by atoms with van der Waals surface area (Å²) in [7, 11) is 0. The molecule has 18 heavy (non-hydrogen) atoms. The lowest BCUT2D eigenvalue weighted by molar-refractivity contribution is -0.127. The van der Waals surface area contributed by atoms with Crippen molar-refractivity contribution in [2.24, 2.45) is 11.8 Å². The van der Waals surface area contributed by atoms with E-state index in [1.54, 1.807) is 11.3 Å². The Morgan fingerprint density at radius 2 is 2.39 bits per heavy atom. The van der Waals surface area contributed by atoms with Gasteiger partial charge in [0, 0.05) is 10.8 Å². The fourth-order valence-electron chi connectivity index (χ4n) is 2.25. The zero-order chi connectivity index (χ0) is 13.0. The molecule has 1 aromatic rings. The number of hydrogen-bond acceptors (Lipinski definition) is 3. The van der Waals surface area contributed by atoms with Crippen molar-refractivity contribution in [2.75, 3.05) is 13.1 Å². The first-order valence-corrected chi connectivity index (χ1v) is 7.64. The minimum absolute atomic E-state index is 0.116. The van der Waals surface area contributed by atoms with E-state index in [4.69, 9.17) is 0 Å². The first kappa shape index (κ1) is 13.6. The molecular weight excluding hydrogens is 244 g/mol. The van der Waals surface area contributed by atoms with E-state index in [2.05, 4.69) is 29.0 Å². The third-order valence-corrected chi connectivity index (χ3v) is 4.70. The average molecular weight is 266 g/mol. The van der Waals surface area contributed by atoms with Gasteiger partial charge in [0.1, 0.15) is 0 Å². The summed E-state index contributed by atoms with van der Waals surface area (Å²) in [6, 6.07) is 4.35. The van der Waals surface area contributed by atoms with Crippen LogP contribution in [0.1, 0.15) is 37.6 Å². The molecule has 0 bridgehead atoms. The predicted molar refractivity (Wildman–Crippen MR) is 75.6 cm³/mol. The fourth-order valence-corrected chi connectivity index (χ4v) is 3.06. The van der Waals surface area contributed by atoms with E-state index in [0.717, 1.165) is 25.9 Å². The first-order chi connectivity index (χ1) is 8.72. The second-order valence-corrected chi connectivity index (χ2v) is 6.05. The second-order valence-electron chi connectivity index (χ2n) is 5.07. The Hall–Kier alpha value is -0.870. The number of carbonyl (C=O) groups is 1. The minimum atomic E-state index is 0.116. The molecule has 2 N–H and O–H groups in total. The highest BCUT2D eigenvalue weighted by molar-refractivity contribution is 7.10. The minimum Gasteiger partial charge on any atom is -0.348 e. The van der Waals surface area contributed by atoms with Gasteiger partial charge in [-0.2, -0.15) is 0 Å². The van der Waals surface area contributed by atoms with Crippen LogP contribution in [0.4, 0.5) is 0 Å². The van der Waals surface area contributed by atoms with Gasteiger partial charge in [0.05, 0.1) is 6.04 Å². The van der Waals surface area contributed by atoms with Crippen molar-refractivity contribution in [1.29, 1.82) is 0 Å². The summed E-state index contributed by atoms with van der Waals surface area (Å²) < 4.78 is 0. The van der Waals surface area contributed by atoms with Gasteiger partial charge in [-0.25, -0.2) is 0 Å². The molecule has 1 aliphatic heterocycles. The van der Waals surface area contributed by atoms with Crippen molar-refractivity contribution >= 4 is 17.2 Å². The van der Waals surface area contributed by atoms with E-state index < -0.39 is 0 Å². The Morgan fingerprint density at radius 3 is 2.89 bits per heavy atom. The van der Waals surface area contributed by atoms with Crippen LogP contribution in [0.5, 0.6) is 0 Å². The molecule has 2 heterocycles. The van der Waals surface area contributed by atoms with Crippen LogP contribution in [0.3, 0.4) is 0 Å². The van der Waals surface area contributed by atoms with Crippen molar-refractivity contribution in [3.8, 4) is 0 Å². The quantitative estimate of drug-likeness (QED) is 0.831. The highest BCUT2D eigenvalue weighted by atomic mass is 32.1. The van der Waals surface area contributed by atoms with Gasteiger partial charge in [0.25, 0.3) is 0 Å². The standard InChI is InChI=1S/C14H22N2OS/c1-3-5-12(13-6-4-7-18-13)16-14(17)10(2)11-8-15-9-11/h4,6-7,10-12,15H,3,5,8-9H2,1-2H3,(H,16,17). The van der Waals surface area contributed by atoms with E-state index in [1.807, 2.05) is 13.0 Å². The smallest absolute Gasteiger partial charge is 0.223 e. The average Bonchev–Trinajstić information content (AvgIpc) is 2.79. The summed E-state index contributed by atoms with van der Waals surface area (Å²) >= 11 is 1.73. The number of amides is 1. The van der Waals surface area contributed by atoms with Crippen molar-refractivity contribution < 1.29 is 4.79 Å². The Morgan fingerprint density at radius 1 is 1.61 bits per heavy atom. The van der Waals surface area contributed by atoms with Gasteiger partial charge in [-0.3, -0.25) is 4.79 Å². The SMILES string of the molecule is CCCC(NC(=O)C(C)C1CNC1)c1cccs1. The number of hydrogen-bond donors (Lipinski definition) is 2. The molecule has 2 rings (SSSR count). The fraction of sp³-hybridized carbons (Fsp3) is 0.643. The maximum absolute atomic E-state index is 12.2. The van der Waals surface area contributed by atoms with Crippen LogP contribution in [-0.4, -0.2) is 19.0 Å². The van der Waals surface area contributed by atoms with Crippen molar-refractivity contribution in [3.05, 3.63) is 22.4 Å². The molecule has 0 spiro atoms. The third kappa shape index (κ3) is 3.12. The van der Waals surface area contributed by atoms with Crippen LogP contribution >= 0.6 is 11.3 Å². The zero-order valence-electron chi connectivity index (χ0n) is 11.1. The van der Waals surface area contributed by atoms with Gasteiger partial charge in [-0.1, -0.05) is 26.3 Å². The van der Waals surface area contributed by atoms with E-state index >= 15 is 0 Å². The van der Waals surface area contributed by atoms with E-state index in [1.165, 1.54) is 4.88 Å². The van der Waals surface area contributed by atoms with Crippen molar-refractivity contribution in [3.63, 3.8) is 0 Å². The summed E-state index contributed by atoms with van der Waals surface area (Å²) in [5.74, 6) is 0.828.